The molecular weight excluding hydrogens is 252 g/mol. The maximum Gasteiger partial charge on any atom is 0.178 e. The summed E-state index contributed by atoms with van der Waals surface area (Å²) >= 11 is 0. The average Bonchev–Trinajstić information content (AvgIpc) is 2.84. The number of aromatic nitrogens is 3. The van der Waals surface area contributed by atoms with Crippen molar-refractivity contribution in [1.29, 1.82) is 0 Å². The van der Waals surface area contributed by atoms with Gasteiger partial charge in [-0.1, -0.05) is 6.07 Å². The van der Waals surface area contributed by atoms with Gasteiger partial charge in [0.15, 0.2) is 11.4 Å². The molecule has 0 atom stereocenters. The van der Waals surface area contributed by atoms with E-state index in [1.165, 1.54) is 0 Å². The molecule has 3 heterocycles. The number of rotatable bonds is 1. The summed E-state index contributed by atoms with van der Waals surface area (Å²) < 4.78 is 7.88. The van der Waals surface area contributed by atoms with Crippen LogP contribution in [-0.2, 0) is 7.05 Å². The minimum atomic E-state index is 0.673. The van der Waals surface area contributed by atoms with E-state index in [0.717, 1.165) is 40.5 Å². The minimum Gasteiger partial charge on any atom is -0.489 e. The molecule has 0 amide bonds. The second-order valence-corrected chi connectivity index (χ2v) is 4.80. The largest absolute Gasteiger partial charge is 0.489 e. The smallest absolute Gasteiger partial charge is 0.178 e. The Bertz CT molecular complexity index is 794. The van der Waals surface area contributed by atoms with Crippen LogP contribution < -0.4 is 10.1 Å². The van der Waals surface area contributed by atoms with Crippen LogP contribution in [0, 0.1) is 0 Å². The van der Waals surface area contributed by atoms with Crippen LogP contribution >= 0.6 is 0 Å². The quantitative estimate of drug-likeness (QED) is 0.735. The third-order valence-corrected chi connectivity index (χ3v) is 3.58. The maximum atomic E-state index is 5.82. The van der Waals surface area contributed by atoms with Gasteiger partial charge in [-0.15, -0.1) is 0 Å². The van der Waals surface area contributed by atoms with Gasteiger partial charge in [-0.2, -0.15) is 0 Å². The normalized spacial score (nSPS) is 13.7. The van der Waals surface area contributed by atoms with E-state index in [0.29, 0.717) is 6.61 Å². The van der Waals surface area contributed by atoms with E-state index in [-0.39, 0.29) is 0 Å². The monoisotopic (exact) mass is 266 g/mol. The Kier molecular flexibility index (Phi) is 2.39. The highest BCUT2D eigenvalue weighted by molar-refractivity contribution is 5.82. The molecule has 4 rings (SSSR count). The number of fused-ring (bicyclic) bond motifs is 2. The molecule has 2 aromatic heterocycles. The minimum absolute atomic E-state index is 0.673. The van der Waals surface area contributed by atoms with Crippen molar-refractivity contribution in [1.82, 2.24) is 14.5 Å². The Morgan fingerprint density at radius 2 is 2.20 bits per heavy atom. The Hall–Kier alpha value is -2.56. The standard InChI is InChI=1S/C15H14N4O/c1-19-12-6-3-7-17-14(12)18-15(19)10-4-2-5-11-13(10)20-9-8-16-11/h2-7,16H,8-9H2,1H3. The molecule has 0 spiro atoms. The topological polar surface area (TPSA) is 52.0 Å². The number of imidazole rings is 1. The van der Waals surface area contributed by atoms with Gasteiger partial charge in [0.2, 0.25) is 0 Å². The summed E-state index contributed by atoms with van der Waals surface area (Å²) in [6, 6.07) is 10.0. The van der Waals surface area contributed by atoms with Gasteiger partial charge in [-0.3, -0.25) is 0 Å². The molecule has 5 heteroatoms. The molecule has 20 heavy (non-hydrogen) atoms. The number of anilines is 1. The lowest BCUT2D eigenvalue weighted by atomic mass is 10.1. The lowest BCUT2D eigenvalue weighted by Gasteiger charge is -2.21. The van der Waals surface area contributed by atoms with Gasteiger partial charge >= 0.3 is 0 Å². The number of pyridine rings is 1. The molecule has 0 bridgehead atoms. The Balaban J connectivity index is 1.98. The van der Waals surface area contributed by atoms with Gasteiger partial charge in [0.25, 0.3) is 0 Å². The highest BCUT2D eigenvalue weighted by Gasteiger charge is 2.19. The highest BCUT2D eigenvalue weighted by Crippen LogP contribution is 2.38. The molecule has 1 aliphatic heterocycles. The molecule has 3 aromatic rings. The summed E-state index contributed by atoms with van der Waals surface area (Å²) in [5.41, 5.74) is 3.79. The van der Waals surface area contributed by atoms with Gasteiger partial charge in [0.1, 0.15) is 12.4 Å². The number of hydrogen-bond acceptors (Lipinski definition) is 4. The van der Waals surface area contributed by atoms with Crippen LogP contribution in [-0.4, -0.2) is 27.7 Å². The summed E-state index contributed by atoms with van der Waals surface area (Å²) in [6.07, 6.45) is 1.76. The molecule has 0 saturated heterocycles. The lowest BCUT2D eigenvalue weighted by molar-refractivity contribution is 0.324. The zero-order chi connectivity index (χ0) is 13.5. The number of nitrogens with one attached hydrogen (secondary N) is 1. The van der Waals surface area contributed by atoms with Crippen LogP contribution in [0.15, 0.2) is 36.5 Å². The summed E-state index contributed by atoms with van der Waals surface area (Å²) in [5, 5.41) is 3.35. The number of ether oxygens (including phenoxy) is 1. The van der Waals surface area contributed by atoms with E-state index in [4.69, 9.17) is 4.74 Å². The molecule has 0 unspecified atom stereocenters. The predicted molar refractivity (Wildman–Crippen MR) is 77.9 cm³/mol. The van der Waals surface area contributed by atoms with Crippen molar-refractivity contribution in [3.05, 3.63) is 36.5 Å². The van der Waals surface area contributed by atoms with Crippen molar-refractivity contribution in [2.45, 2.75) is 0 Å². The summed E-state index contributed by atoms with van der Waals surface area (Å²) in [4.78, 5) is 8.95. The molecule has 1 aliphatic rings. The molecular formula is C15H14N4O. The third kappa shape index (κ3) is 1.56. The SMILES string of the molecule is Cn1c(-c2cccc3c2OCCN3)nc2ncccc21. The van der Waals surface area contributed by atoms with Crippen molar-refractivity contribution in [3.63, 3.8) is 0 Å². The first kappa shape index (κ1) is 11.3. The van der Waals surface area contributed by atoms with Crippen LogP contribution in [0.25, 0.3) is 22.6 Å². The lowest BCUT2D eigenvalue weighted by Crippen LogP contribution is -2.18. The van der Waals surface area contributed by atoms with Crippen LogP contribution in [0.1, 0.15) is 0 Å². The fourth-order valence-electron chi connectivity index (χ4n) is 2.61. The van der Waals surface area contributed by atoms with E-state index in [1.807, 2.05) is 37.4 Å². The van der Waals surface area contributed by atoms with Crippen LogP contribution in [0.4, 0.5) is 5.69 Å². The molecule has 100 valence electrons. The van der Waals surface area contributed by atoms with Crippen molar-refractivity contribution < 1.29 is 4.74 Å². The number of para-hydroxylation sites is 1. The molecule has 0 fully saturated rings. The first-order valence-corrected chi connectivity index (χ1v) is 6.62. The molecule has 0 saturated carbocycles. The zero-order valence-electron chi connectivity index (χ0n) is 11.1. The Morgan fingerprint density at radius 1 is 1.25 bits per heavy atom. The number of benzene rings is 1. The predicted octanol–water partition coefficient (Wildman–Crippen LogP) is 2.44. The Morgan fingerprint density at radius 3 is 3.10 bits per heavy atom. The zero-order valence-corrected chi connectivity index (χ0v) is 11.1. The third-order valence-electron chi connectivity index (χ3n) is 3.58. The second kappa shape index (κ2) is 4.23. The van der Waals surface area contributed by atoms with Gasteiger partial charge < -0.3 is 14.6 Å². The maximum absolute atomic E-state index is 5.82. The fourth-order valence-corrected chi connectivity index (χ4v) is 2.61. The molecule has 1 N–H and O–H groups in total. The highest BCUT2D eigenvalue weighted by atomic mass is 16.5. The summed E-state index contributed by atoms with van der Waals surface area (Å²) in [5.74, 6) is 1.75. The van der Waals surface area contributed by atoms with E-state index in [1.54, 1.807) is 6.20 Å². The van der Waals surface area contributed by atoms with E-state index in [9.17, 15) is 0 Å². The molecule has 0 aliphatic carbocycles. The second-order valence-electron chi connectivity index (χ2n) is 4.80. The molecule has 0 radical (unpaired) electrons. The summed E-state index contributed by atoms with van der Waals surface area (Å²) in [7, 11) is 2.00. The Labute approximate surface area is 116 Å². The van der Waals surface area contributed by atoms with Crippen molar-refractivity contribution in [2.24, 2.45) is 7.05 Å². The van der Waals surface area contributed by atoms with Crippen molar-refractivity contribution in [3.8, 4) is 17.1 Å². The van der Waals surface area contributed by atoms with Crippen molar-refractivity contribution in [2.75, 3.05) is 18.5 Å². The first-order valence-electron chi connectivity index (χ1n) is 6.62. The first-order chi connectivity index (χ1) is 9.84. The van der Waals surface area contributed by atoms with Crippen LogP contribution in [0.5, 0.6) is 5.75 Å². The van der Waals surface area contributed by atoms with E-state index >= 15 is 0 Å². The summed E-state index contributed by atoms with van der Waals surface area (Å²) in [6.45, 7) is 1.51. The fraction of sp³-hybridized carbons (Fsp3) is 0.200. The van der Waals surface area contributed by atoms with Crippen molar-refractivity contribution >= 4 is 16.9 Å². The van der Waals surface area contributed by atoms with Gasteiger partial charge in [0, 0.05) is 19.8 Å². The van der Waals surface area contributed by atoms with E-state index in [2.05, 4.69) is 19.9 Å². The average molecular weight is 266 g/mol. The van der Waals surface area contributed by atoms with Crippen LogP contribution in [0.3, 0.4) is 0 Å². The van der Waals surface area contributed by atoms with Gasteiger partial charge in [0.05, 0.1) is 16.8 Å². The van der Waals surface area contributed by atoms with E-state index < -0.39 is 0 Å². The number of aryl methyl sites for hydroxylation is 1. The number of hydrogen-bond donors (Lipinski definition) is 1. The molecule has 5 nitrogen and oxygen atoms in total. The molecule has 1 aromatic carbocycles. The van der Waals surface area contributed by atoms with Gasteiger partial charge in [-0.25, -0.2) is 9.97 Å². The number of nitrogens with zero attached hydrogens (tertiary/aromatic N) is 3. The van der Waals surface area contributed by atoms with Crippen LogP contribution in [0.2, 0.25) is 0 Å². The van der Waals surface area contributed by atoms with Gasteiger partial charge in [-0.05, 0) is 24.3 Å².